The predicted molar refractivity (Wildman–Crippen MR) is 51.5 cm³/mol. The maximum atomic E-state index is 11.1. The van der Waals surface area contributed by atoms with Crippen molar-refractivity contribution in [1.29, 1.82) is 0 Å². The molecule has 0 aliphatic heterocycles. The summed E-state index contributed by atoms with van der Waals surface area (Å²) in [5.41, 5.74) is -0.963. The van der Waals surface area contributed by atoms with Gasteiger partial charge >= 0.3 is 5.69 Å². The fourth-order valence-corrected chi connectivity index (χ4v) is 1.05. The van der Waals surface area contributed by atoms with E-state index in [1.165, 1.54) is 0 Å². The van der Waals surface area contributed by atoms with Crippen LogP contribution in [0.5, 0.6) is 0 Å². The Labute approximate surface area is 84.2 Å². The van der Waals surface area contributed by atoms with E-state index in [-0.39, 0.29) is 31.2 Å². The van der Waals surface area contributed by atoms with Crippen molar-refractivity contribution in [2.45, 2.75) is 6.42 Å². The number of aliphatic hydroxyl groups excluding tert-OH is 1. The zero-order valence-electron chi connectivity index (χ0n) is 7.87. The molecule has 0 aromatic carbocycles. The average Bonchev–Trinajstić information content (AvgIpc) is 2.13. The van der Waals surface area contributed by atoms with Crippen molar-refractivity contribution in [2.75, 3.05) is 13.2 Å². The Morgan fingerprint density at radius 3 is 2.73 bits per heavy atom. The number of carbonyl (C=O) groups is 1. The van der Waals surface area contributed by atoms with E-state index in [0.29, 0.717) is 0 Å². The van der Waals surface area contributed by atoms with E-state index in [0.717, 1.165) is 6.07 Å². The van der Waals surface area contributed by atoms with E-state index in [1.807, 2.05) is 4.98 Å². The minimum atomic E-state index is -0.646. The van der Waals surface area contributed by atoms with Crippen LogP contribution >= 0.6 is 0 Å². The molecule has 0 aliphatic rings. The molecule has 1 rings (SSSR count). The number of aromatic nitrogens is 2. The lowest BCUT2D eigenvalue weighted by Crippen LogP contribution is -2.30. The van der Waals surface area contributed by atoms with Gasteiger partial charge in [-0.25, -0.2) is 4.79 Å². The first kappa shape index (κ1) is 11.2. The summed E-state index contributed by atoms with van der Waals surface area (Å²) in [7, 11) is 0. The SMILES string of the molecule is O=C(Cc1cc(=O)[nH]c(=O)[nH]1)NCCO. The van der Waals surface area contributed by atoms with Crippen LogP contribution in [0, 0.1) is 0 Å². The monoisotopic (exact) mass is 213 g/mol. The number of hydrogen-bond acceptors (Lipinski definition) is 4. The van der Waals surface area contributed by atoms with Gasteiger partial charge in [0.1, 0.15) is 0 Å². The van der Waals surface area contributed by atoms with Crippen molar-refractivity contribution >= 4 is 5.91 Å². The van der Waals surface area contributed by atoms with E-state index in [9.17, 15) is 14.4 Å². The number of nitrogens with one attached hydrogen (secondary N) is 3. The molecule has 82 valence electrons. The summed E-state index contributed by atoms with van der Waals surface area (Å²) in [6.07, 6.45) is -0.0981. The Morgan fingerprint density at radius 1 is 1.40 bits per heavy atom. The van der Waals surface area contributed by atoms with Gasteiger partial charge in [-0.05, 0) is 0 Å². The van der Waals surface area contributed by atoms with Gasteiger partial charge in [-0.2, -0.15) is 0 Å². The normalized spacial score (nSPS) is 9.93. The highest BCUT2D eigenvalue weighted by molar-refractivity contribution is 5.77. The van der Waals surface area contributed by atoms with E-state index in [4.69, 9.17) is 5.11 Å². The van der Waals surface area contributed by atoms with Gasteiger partial charge < -0.3 is 15.4 Å². The predicted octanol–water partition coefficient (Wildman–Crippen LogP) is -2.29. The number of hydrogen-bond donors (Lipinski definition) is 4. The summed E-state index contributed by atoms with van der Waals surface area (Å²) >= 11 is 0. The minimum Gasteiger partial charge on any atom is -0.395 e. The van der Waals surface area contributed by atoms with Gasteiger partial charge in [-0.1, -0.05) is 0 Å². The van der Waals surface area contributed by atoms with Crippen LogP contribution in [-0.4, -0.2) is 34.1 Å². The first-order valence-electron chi connectivity index (χ1n) is 4.32. The summed E-state index contributed by atoms with van der Waals surface area (Å²) < 4.78 is 0. The molecular formula is C8H11N3O4. The molecule has 1 heterocycles. The van der Waals surface area contributed by atoms with Crippen molar-refractivity contribution in [3.8, 4) is 0 Å². The molecule has 0 saturated heterocycles. The highest BCUT2D eigenvalue weighted by Crippen LogP contribution is 1.87. The molecule has 1 amide bonds. The molecule has 0 spiro atoms. The quantitative estimate of drug-likeness (QED) is 0.450. The molecule has 7 heteroatoms. The Bertz CT molecular complexity index is 419. The first-order chi connectivity index (χ1) is 7.11. The van der Waals surface area contributed by atoms with Gasteiger partial charge in [0.2, 0.25) is 5.91 Å². The number of H-pyrrole nitrogens is 2. The van der Waals surface area contributed by atoms with Gasteiger partial charge in [0.05, 0.1) is 13.0 Å². The van der Waals surface area contributed by atoms with Crippen LogP contribution in [0.1, 0.15) is 5.69 Å². The topological polar surface area (TPSA) is 115 Å². The molecule has 1 aromatic rings. The van der Waals surface area contributed by atoms with Crippen LogP contribution < -0.4 is 16.6 Å². The number of carbonyl (C=O) groups excluding carboxylic acids is 1. The molecule has 0 radical (unpaired) electrons. The van der Waals surface area contributed by atoms with Crippen LogP contribution in [0.4, 0.5) is 0 Å². The molecular weight excluding hydrogens is 202 g/mol. The number of amides is 1. The largest absolute Gasteiger partial charge is 0.395 e. The van der Waals surface area contributed by atoms with E-state index in [1.54, 1.807) is 0 Å². The minimum absolute atomic E-state index is 0.0981. The van der Waals surface area contributed by atoms with Crippen molar-refractivity contribution in [3.63, 3.8) is 0 Å². The second kappa shape index (κ2) is 5.11. The fourth-order valence-electron chi connectivity index (χ4n) is 1.05. The molecule has 7 nitrogen and oxygen atoms in total. The number of rotatable bonds is 4. The van der Waals surface area contributed by atoms with Crippen LogP contribution in [0.2, 0.25) is 0 Å². The van der Waals surface area contributed by atoms with Gasteiger partial charge in [0.15, 0.2) is 0 Å². The third-order valence-corrected chi connectivity index (χ3v) is 1.60. The van der Waals surface area contributed by atoms with E-state index in [2.05, 4.69) is 10.3 Å². The fraction of sp³-hybridized carbons (Fsp3) is 0.375. The molecule has 0 saturated carbocycles. The summed E-state index contributed by atoms with van der Waals surface area (Å²) in [5, 5.41) is 10.8. The van der Waals surface area contributed by atoms with E-state index >= 15 is 0 Å². The number of aromatic amines is 2. The summed E-state index contributed by atoms with van der Waals surface area (Å²) in [5.74, 6) is -0.370. The van der Waals surface area contributed by atoms with Gasteiger partial charge in [0.25, 0.3) is 5.56 Å². The van der Waals surface area contributed by atoms with Crippen molar-refractivity contribution in [1.82, 2.24) is 15.3 Å². The molecule has 1 aromatic heterocycles. The van der Waals surface area contributed by atoms with E-state index < -0.39 is 11.2 Å². The summed E-state index contributed by atoms with van der Waals surface area (Å²) in [6, 6.07) is 1.14. The number of aliphatic hydroxyl groups is 1. The Kier molecular flexibility index (Phi) is 3.81. The molecule has 4 N–H and O–H groups in total. The highest BCUT2D eigenvalue weighted by atomic mass is 16.3. The average molecular weight is 213 g/mol. The lowest BCUT2D eigenvalue weighted by atomic mass is 10.3. The molecule has 0 aliphatic carbocycles. The van der Waals surface area contributed by atoms with Crippen molar-refractivity contribution < 1.29 is 9.90 Å². The lowest BCUT2D eigenvalue weighted by Gasteiger charge is -2.02. The van der Waals surface area contributed by atoms with Gasteiger partial charge in [-0.15, -0.1) is 0 Å². The standard InChI is InChI=1S/C8H11N3O4/c12-2-1-9-6(13)3-5-4-7(14)11-8(15)10-5/h4,12H,1-3H2,(H,9,13)(H2,10,11,14,15). The molecule has 0 unspecified atom stereocenters. The smallest absolute Gasteiger partial charge is 0.325 e. The summed E-state index contributed by atoms with van der Waals surface area (Å²) in [4.78, 5) is 37.1. The Hall–Kier alpha value is -1.89. The maximum absolute atomic E-state index is 11.1. The van der Waals surface area contributed by atoms with Crippen LogP contribution in [-0.2, 0) is 11.2 Å². The molecule has 0 atom stereocenters. The molecule has 0 bridgehead atoms. The zero-order valence-corrected chi connectivity index (χ0v) is 7.87. The maximum Gasteiger partial charge on any atom is 0.325 e. The third-order valence-electron chi connectivity index (χ3n) is 1.60. The lowest BCUT2D eigenvalue weighted by molar-refractivity contribution is -0.120. The Balaban J connectivity index is 2.68. The molecule has 15 heavy (non-hydrogen) atoms. The Morgan fingerprint density at radius 2 is 2.13 bits per heavy atom. The highest BCUT2D eigenvalue weighted by Gasteiger charge is 2.04. The van der Waals surface area contributed by atoms with Crippen LogP contribution in [0.3, 0.4) is 0 Å². The van der Waals surface area contributed by atoms with Gasteiger partial charge in [-0.3, -0.25) is 14.6 Å². The van der Waals surface area contributed by atoms with Crippen molar-refractivity contribution in [3.05, 3.63) is 32.6 Å². The van der Waals surface area contributed by atoms with Gasteiger partial charge in [0, 0.05) is 18.3 Å². The summed E-state index contributed by atoms with van der Waals surface area (Å²) in [6.45, 7) is -0.0100. The first-order valence-corrected chi connectivity index (χ1v) is 4.32. The van der Waals surface area contributed by atoms with Crippen molar-refractivity contribution in [2.24, 2.45) is 0 Å². The zero-order chi connectivity index (χ0) is 11.3. The third kappa shape index (κ3) is 3.77. The van der Waals surface area contributed by atoms with Crippen LogP contribution in [0.25, 0.3) is 0 Å². The second-order valence-corrected chi connectivity index (χ2v) is 2.86. The second-order valence-electron chi connectivity index (χ2n) is 2.86. The van der Waals surface area contributed by atoms with Crippen LogP contribution in [0.15, 0.2) is 15.7 Å². The molecule has 0 fully saturated rings.